The van der Waals surface area contributed by atoms with E-state index >= 15 is 0 Å². The Balaban J connectivity index is 0.834. The van der Waals surface area contributed by atoms with Crippen molar-refractivity contribution in [1.29, 1.82) is 0 Å². The van der Waals surface area contributed by atoms with Gasteiger partial charge in [-0.1, -0.05) is 41.5 Å². The Morgan fingerprint density at radius 3 is 1.07 bits per heavy atom. The monoisotopic (exact) mass is 948 g/mol. The maximum absolute atomic E-state index is 13.0. The molecule has 3 unspecified atom stereocenters. The van der Waals surface area contributed by atoms with Crippen molar-refractivity contribution >= 4 is 6.41 Å². The second-order valence-corrected chi connectivity index (χ2v) is 24.3. The zero-order valence-corrected chi connectivity index (χ0v) is 41.1. The highest BCUT2D eigenvalue weighted by molar-refractivity contribution is 5.48. The van der Waals surface area contributed by atoms with E-state index in [0.29, 0.717) is 43.4 Å². The minimum Gasteiger partial charge on any atom is -0.350 e. The van der Waals surface area contributed by atoms with Crippen molar-refractivity contribution in [3.63, 3.8) is 0 Å². The molecule has 1 amide bonds. The zero-order chi connectivity index (χ0) is 46.5. The van der Waals surface area contributed by atoms with Gasteiger partial charge in [-0.25, -0.2) is 29.3 Å². The van der Waals surface area contributed by atoms with E-state index in [1.165, 1.54) is 0 Å². The van der Waals surface area contributed by atoms with E-state index in [1.54, 1.807) is 0 Å². The molecule has 3 spiro atoms. The fourth-order valence-electron chi connectivity index (χ4n) is 16.3. The molecule has 24 atom stereocenters. The first kappa shape index (κ1) is 46.9. The number of carbonyl (C=O) groups excluding carboxylic acids is 1. The number of hydrogen-bond acceptors (Lipinski definition) is 16. The van der Waals surface area contributed by atoms with Crippen LogP contribution in [-0.4, -0.2) is 104 Å². The van der Waals surface area contributed by atoms with Crippen LogP contribution in [0.3, 0.4) is 0 Å². The number of rotatable bonds is 11. The quantitative estimate of drug-likeness (QED) is 0.164. The van der Waals surface area contributed by atoms with Crippen molar-refractivity contribution in [3.8, 4) is 0 Å². The largest absolute Gasteiger partial charge is 0.350 e. The lowest BCUT2D eigenvalue weighted by molar-refractivity contribution is -0.578. The van der Waals surface area contributed by atoms with E-state index in [2.05, 4.69) is 46.9 Å². The number of fused-ring (bicyclic) bond motifs is 6. The molecule has 0 aromatic heterocycles. The van der Waals surface area contributed by atoms with Gasteiger partial charge in [-0.05, 0) is 114 Å². The van der Waals surface area contributed by atoms with Crippen LogP contribution in [-0.2, 0) is 76.8 Å². The molecule has 0 aromatic carbocycles. The fourth-order valence-corrected chi connectivity index (χ4v) is 16.3. The van der Waals surface area contributed by atoms with Crippen LogP contribution in [0.25, 0.3) is 0 Å². The number of amides is 1. The topological polar surface area (TPSA) is 168 Å². The first-order valence-corrected chi connectivity index (χ1v) is 26.2. The van der Waals surface area contributed by atoms with Gasteiger partial charge in [0.2, 0.25) is 23.8 Å². The molecule has 15 fully saturated rings. The SMILES string of the molecule is C[C@@H]1CC[C@H]2[C@@H](C)C(OCC(COC3O[C@@H]4O[C@@]5(C)CC[C@H]6[C@H](C)CC[C@@H]([C@H]3C)[C@@]46OO5)(COC3O[C@@H]4O[C@@]5(C)CC[C@H]6[C@H](C)CC[C@@H]([C@H]3C)[C@@]46OO5)NC=O)O[C@@H]3O[C@@]4(C)CC[C@@H]1[C@]32OO4. The Hall–Kier alpha value is -1.13. The van der Waals surface area contributed by atoms with Gasteiger partial charge >= 0.3 is 0 Å². The van der Waals surface area contributed by atoms with Crippen LogP contribution < -0.4 is 5.32 Å². The summed E-state index contributed by atoms with van der Waals surface area (Å²) in [6.45, 7) is 19.1. The first-order chi connectivity index (χ1) is 32.0. The average Bonchev–Trinajstić information content (AvgIpc) is 3.79. The lowest BCUT2D eigenvalue weighted by atomic mass is 9.58. The van der Waals surface area contributed by atoms with Gasteiger partial charge in [-0.2, -0.15) is 0 Å². The van der Waals surface area contributed by atoms with Gasteiger partial charge in [0.05, 0.1) is 19.8 Å². The summed E-state index contributed by atoms with van der Waals surface area (Å²) in [6, 6.07) is 0. The predicted molar refractivity (Wildman–Crippen MR) is 230 cm³/mol. The summed E-state index contributed by atoms with van der Waals surface area (Å²) >= 11 is 0. The Bertz CT molecular complexity index is 1680. The highest BCUT2D eigenvalue weighted by atomic mass is 17.3. The molecule has 0 aromatic rings. The molecular formula is C50H77NO16. The lowest BCUT2D eigenvalue weighted by Crippen LogP contribution is -2.71. The van der Waals surface area contributed by atoms with Gasteiger partial charge in [-0.15, -0.1) is 0 Å². The molecule has 12 aliphatic heterocycles. The summed E-state index contributed by atoms with van der Waals surface area (Å²) in [5.41, 5.74) is -3.50. The van der Waals surface area contributed by atoms with Crippen molar-refractivity contribution in [2.24, 2.45) is 71.0 Å². The minimum atomic E-state index is -1.24. The molecule has 15 aliphatic rings. The maximum Gasteiger partial charge on any atom is 0.207 e. The molecular weight excluding hydrogens is 871 g/mol. The van der Waals surface area contributed by atoms with Crippen molar-refractivity contribution in [2.75, 3.05) is 19.8 Å². The molecule has 12 heterocycles. The average molecular weight is 948 g/mol. The van der Waals surface area contributed by atoms with E-state index in [1.807, 2.05) is 20.8 Å². The third kappa shape index (κ3) is 6.96. The summed E-state index contributed by atoms with van der Waals surface area (Å²) in [4.78, 5) is 50.6. The van der Waals surface area contributed by atoms with Crippen LogP contribution >= 0.6 is 0 Å². The molecule has 15 rings (SSSR count). The van der Waals surface area contributed by atoms with Gasteiger partial charge in [0.15, 0.2) is 54.5 Å². The predicted octanol–water partition coefficient (Wildman–Crippen LogP) is 7.15. The van der Waals surface area contributed by atoms with Gasteiger partial charge in [-0.3, -0.25) is 4.79 Å². The minimum absolute atomic E-state index is 0.0202. The van der Waals surface area contributed by atoms with Gasteiger partial charge in [0.25, 0.3) is 0 Å². The molecule has 3 saturated carbocycles. The summed E-state index contributed by atoms with van der Waals surface area (Å²) in [7, 11) is 0. The molecule has 17 nitrogen and oxygen atoms in total. The third-order valence-electron chi connectivity index (χ3n) is 20.2. The van der Waals surface area contributed by atoms with Crippen LogP contribution in [0.1, 0.15) is 139 Å². The second-order valence-electron chi connectivity index (χ2n) is 24.3. The Morgan fingerprint density at radius 1 is 0.463 bits per heavy atom. The summed E-state index contributed by atoms with van der Waals surface area (Å²) in [6.07, 6.45) is 7.32. The standard InChI is InChI=1S/C50H77NO16/c1-26-10-13-35-29(4)38(56-41-48(35)32(26)16-19-44(7,59-41)62-65-48)53-22-47(51-25-52,23-54-39-30(5)36-14-11-27(2)33-17-20-45(8)60-42(57-39)49(33,36)66-63-45)24-55-40-31(6)37-15-12-28(3)34-18-21-46(9)61-43(58-40)50(34,37)67-64-46/h25-43H,10-24H2,1-9H3,(H,51,52)/t26-,27-,28-,29-,30-,31-,32+,33+,34+,35+,36+,37+,38?,39?,40?,41-,42-,43-,44-,45-,46-,47?,48-,49-,50-/m1/s1. The maximum atomic E-state index is 13.0. The van der Waals surface area contributed by atoms with Crippen LogP contribution in [0.5, 0.6) is 0 Å². The second kappa shape index (κ2) is 16.4. The van der Waals surface area contributed by atoms with E-state index < -0.39 is 77.4 Å². The van der Waals surface area contributed by atoms with Crippen LogP contribution in [0.15, 0.2) is 0 Å². The molecule has 0 radical (unpaired) electrons. The van der Waals surface area contributed by atoms with E-state index in [4.69, 9.17) is 72.0 Å². The highest BCUT2D eigenvalue weighted by Crippen LogP contribution is 2.64. The molecule has 378 valence electrons. The van der Waals surface area contributed by atoms with Crippen molar-refractivity contribution < 1.29 is 76.8 Å². The summed E-state index contributed by atoms with van der Waals surface area (Å²) in [5.74, 6) is -1.10. The van der Waals surface area contributed by atoms with Gasteiger partial charge in [0.1, 0.15) is 5.54 Å². The Kier molecular flexibility index (Phi) is 11.5. The molecule has 3 aliphatic carbocycles. The van der Waals surface area contributed by atoms with Gasteiger partial charge < -0.3 is 47.9 Å². The number of carbonyl (C=O) groups is 1. The van der Waals surface area contributed by atoms with Crippen LogP contribution in [0.4, 0.5) is 0 Å². The van der Waals surface area contributed by atoms with E-state index in [0.717, 1.165) is 57.8 Å². The highest BCUT2D eigenvalue weighted by Gasteiger charge is 2.73. The van der Waals surface area contributed by atoms with E-state index in [-0.39, 0.29) is 73.1 Å². The molecule has 67 heavy (non-hydrogen) atoms. The van der Waals surface area contributed by atoms with Crippen molar-refractivity contribution in [1.82, 2.24) is 5.32 Å². The zero-order valence-electron chi connectivity index (χ0n) is 41.1. The number of ether oxygens (including phenoxy) is 9. The summed E-state index contributed by atoms with van der Waals surface area (Å²) in [5, 5.41) is 3.15. The number of nitrogens with one attached hydrogen (secondary N) is 1. The van der Waals surface area contributed by atoms with Crippen LogP contribution in [0, 0.1) is 71.0 Å². The van der Waals surface area contributed by atoms with E-state index in [9.17, 15) is 4.79 Å². The normalized spacial score (nSPS) is 58.0. The number of hydrogen-bond donors (Lipinski definition) is 1. The Morgan fingerprint density at radius 2 is 0.776 bits per heavy atom. The molecule has 17 heteroatoms. The summed E-state index contributed by atoms with van der Waals surface area (Å²) < 4.78 is 61.7. The first-order valence-electron chi connectivity index (χ1n) is 26.2. The van der Waals surface area contributed by atoms with Crippen molar-refractivity contribution in [3.05, 3.63) is 0 Å². The van der Waals surface area contributed by atoms with Gasteiger partial charge in [0, 0.05) is 54.8 Å². The third-order valence-corrected chi connectivity index (χ3v) is 20.2. The fraction of sp³-hybridized carbons (Fsp3) is 0.980. The lowest BCUT2D eigenvalue weighted by Gasteiger charge is -2.60. The molecule has 12 saturated heterocycles. The molecule has 6 bridgehead atoms. The molecule has 1 N–H and O–H groups in total. The smallest absolute Gasteiger partial charge is 0.207 e. The van der Waals surface area contributed by atoms with Crippen LogP contribution in [0.2, 0.25) is 0 Å². The van der Waals surface area contributed by atoms with Crippen molar-refractivity contribution in [2.45, 2.75) is 217 Å². The Labute approximate surface area is 395 Å².